The Morgan fingerprint density at radius 1 is 1.12 bits per heavy atom. The van der Waals surface area contributed by atoms with Crippen molar-refractivity contribution in [1.82, 2.24) is 4.72 Å². The second kappa shape index (κ2) is 10.4. The highest BCUT2D eigenvalue weighted by Gasteiger charge is 2.28. The third-order valence-corrected chi connectivity index (χ3v) is 6.15. The Morgan fingerprint density at radius 2 is 1.75 bits per heavy atom. The first-order chi connectivity index (χ1) is 11.3. The predicted octanol–water partition coefficient (Wildman–Crippen LogP) is 4.22. The van der Waals surface area contributed by atoms with Crippen LogP contribution in [-0.2, 0) is 10.0 Å². The number of hydrogen-bond donors (Lipinski definition) is 2. The maximum absolute atomic E-state index is 12.6. The van der Waals surface area contributed by atoms with Gasteiger partial charge in [0, 0.05) is 11.1 Å². The second-order valence-electron chi connectivity index (χ2n) is 6.62. The van der Waals surface area contributed by atoms with E-state index in [4.69, 9.17) is 11.6 Å². The van der Waals surface area contributed by atoms with Crippen LogP contribution in [0.1, 0.15) is 52.9 Å². The summed E-state index contributed by atoms with van der Waals surface area (Å²) in [5, 5.41) is 10.2. The lowest BCUT2D eigenvalue weighted by Gasteiger charge is -2.29. The highest BCUT2D eigenvalue weighted by molar-refractivity contribution is 7.89. The lowest BCUT2D eigenvalue weighted by atomic mass is 9.84. The van der Waals surface area contributed by atoms with Crippen LogP contribution in [0.2, 0.25) is 5.02 Å². The van der Waals surface area contributed by atoms with Crippen molar-refractivity contribution in [2.75, 3.05) is 6.61 Å². The summed E-state index contributed by atoms with van der Waals surface area (Å²) in [7, 11) is -3.67. The van der Waals surface area contributed by atoms with Crippen LogP contribution >= 0.6 is 11.6 Å². The summed E-state index contributed by atoms with van der Waals surface area (Å²) in [4.78, 5) is 0.166. The minimum Gasteiger partial charge on any atom is -0.395 e. The topological polar surface area (TPSA) is 66.4 Å². The first-order valence-corrected chi connectivity index (χ1v) is 10.6. The van der Waals surface area contributed by atoms with E-state index in [1.807, 2.05) is 0 Å². The van der Waals surface area contributed by atoms with Crippen LogP contribution in [0.5, 0.6) is 0 Å². The Morgan fingerprint density at radius 3 is 2.25 bits per heavy atom. The van der Waals surface area contributed by atoms with E-state index in [2.05, 4.69) is 25.5 Å². The molecule has 0 bridgehead atoms. The highest BCUT2D eigenvalue weighted by atomic mass is 35.5. The fourth-order valence-electron chi connectivity index (χ4n) is 2.95. The molecular weight excluding hydrogens is 346 g/mol. The molecule has 0 spiro atoms. The smallest absolute Gasteiger partial charge is 0.240 e. The lowest BCUT2D eigenvalue weighted by molar-refractivity contribution is 0.177. The number of halogens is 1. The minimum absolute atomic E-state index is 0.105. The summed E-state index contributed by atoms with van der Waals surface area (Å²) in [6.45, 7) is 6.10. The van der Waals surface area contributed by atoms with Gasteiger partial charge in [0.15, 0.2) is 0 Å². The Kier molecular flexibility index (Phi) is 9.27. The maximum Gasteiger partial charge on any atom is 0.240 e. The SMILES string of the molecule is CCCCCC[C@@H](C(C)C)C(CO)NS(=O)(=O)c1ccc(Cl)cc1. The van der Waals surface area contributed by atoms with Crippen molar-refractivity contribution in [3.8, 4) is 0 Å². The van der Waals surface area contributed by atoms with E-state index >= 15 is 0 Å². The van der Waals surface area contributed by atoms with E-state index in [1.165, 1.54) is 25.0 Å². The van der Waals surface area contributed by atoms with E-state index < -0.39 is 16.1 Å². The number of sulfonamides is 1. The number of unbranched alkanes of at least 4 members (excludes halogenated alkanes) is 3. The summed E-state index contributed by atoms with van der Waals surface area (Å²) in [5.41, 5.74) is 0. The monoisotopic (exact) mass is 375 g/mol. The van der Waals surface area contributed by atoms with Crippen molar-refractivity contribution in [3.05, 3.63) is 29.3 Å². The van der Waals surface area contributed by atoms with Gasteiger partial charge in [-0.2, -0.15) is 0 Å². The summed E-state index contributed by atoms with van der Waals surface area (Å²) in [6.07, 6.45) is 5.45. The Bertz CT molecular complexity index is 572. The van der Waals surface area contributed by atoms with Crippen LogP contribution < -0.4 is 4.72 Å². The molecular formula is C18H30ClNO3S. The Labute approximate surface area is 151 Å². The molecule has 0 aliphatic carbocycles. The zero-order valence-electron chi connectivity index (χ0n) is 14.8. The molecule has 6 heteroatoms. The average molecular weight is 376 g/mol. The molecule has 0 amide bonds. The molecule has 1 unspecified atom stereocenters. The van der Waals surface area contributed by atoms with Gasteiger partial charge in [-0.15, -0.1) is 0 Å². The highest BCUT2D eigenvalue weighted by Crippen LogP contribution is 2.24. The third-order valence-electron chi connectivity index (χ3n) is 4.39. The molecule has 0 radical (unpaired) electrons. The van der Waals surface area contributed by atoms with E-state index in [9.17, 15) is 13.5 Å². The fraction of sp³-hybridized carbons (Fsp3) is 0.667. The van der Waals surface area contributed by atoms with Crippen molar-refractivity contribution in [2.45, 2.75) is 63.8 Å². The number of nitrogens with one attached hydrogen (secondary N) is 1. The van der Waals surface area contributed by atoms with Crippen LogP contribution in [-0.4, -0.2) is 26.2 Å². The van der Waals surface area contributed by atoms with Gasteiger partial charge in [-0.25, -0.2) is 13.1 Å². The van der Waals surface area contributed by atoms with Crippen LogP contribution in [0, 0.1) is 11.8 Å². The second-order valence-corrected chi connectivity index (χ2v) is 8.77. The number of benzene rings is 1. The molecule has 0 aliphatic heterocycles. The average Bonchev–Trinajstić information content (AvgIpc) is 2.53. The zero-order valence-corrected chi connectivity index (χ0v) is 16.4. The van der Waals surface area contributed by atoms with Gasteiger partial charge in [0.2, 0.25) is 10.0 Å². The number of aliphatic hydroxyl groups is 1. The van der Waals surface area contributed by atoms with E-state index in [0.717, 1.165) is 19.3 Å². The zero-order chi connectivity index (χ0) is 18.2. The van der Waals surface area contributed by atoms with Gasteiger partial charge in [-0.3, -0.25) is 0 Å². The first kappa shape index (κ1) is 21.4. The summed E-state index contributed by atoms with van der Waals surface area (Å²) in [5.74, 6) is 0.394. The molecule has 0 saturated heterocycles. The summed E-state index contributed by atoms with van der Waals surface area (Å²) < 4.78 is 27.8. The van der Waals surface area contributed by atoms with Crippen LogP contribution in [0.3, 0.4) is 0 Å². The van der Waals surface area contributed by atoms with Crippen LogP contribution in [0.4, 0.5) is 0 Å². The van der Waals surface area contributed by atoms with E-state index in [-0.39, 0.29) is 23.3 Å². The molecule has 1 aromatic rings. The molecule has 2 N–H and O–H groups in total. The maximum atomic E-state index is 12.6. The number of hydrogen-bond acceptors (Lipinski definition) is 3. The molecule has 0 fully saturated rings. The van der Waals surface area contributed by atoms with Gasteiger partial charge >= 0.3 is 0 Å². The van der Waals surface area contributed by atoms with Crippen LogP contribution in [0.15, 0.2) is 29.2 Å². The number of aliphatic hydroxyl groups excluding tert-OH is 1. The van der Waals surface area contributed by atoms with Gasteiger partial charge in [0.05, 0.1) is 11.5 Å². The number of rotatable bonds is 11. The van der Waals surface area contributed by atoms with Crippen molar-refractivity contribution in [3.63, 3.8) is 0 Å². The molecule has 2 atom stereocenters. The van der Waals surface area contributed by atoms with Gasteiger partial charge < -0.3 is 5.11 Å². The molecule has 0 aromatic heterocycles. The minimum atomic E-state index is -3.67. The Hall–Kier alpha value is -0.620. The molecule has 0 heterocycles. The molecule has 1 rings (SSSR count). The Balaban J connectivity index is 2.82. The molecule has 4 nitrogen and oxygen atoms in total. The normalized spacial score (nSPS) is 14.8. The van der Waals surface area contributed by atoms with Crippen molar-refractivity contribution >= 4 is 21.6 Å². The molecule has 24 heavy (non-hydrogen) atoms. The van der Waals surface area contributed by atoms with Gasteiger partial charge in [0.25, 0.3) is 0 Å². The van der Waals surface area contributed by atoms with E-state index in [0.29, 0.717) is 5.02 Å². The van der Waals surface area contributed by atoms with Gasteiger partial charge in [0.1, 0.15) is 0 Å². The van der Waals surface area contributed by atoms with Crippen molar-refractivity contribution in [1.29, 1.82) is 0 Å². The lowest BCUT2D eigenvalue weighted by Crippen LogP contribution is -2.44. The predicted molar refractivity (Wildman–Crippen MR) is 99.7 cm³/mol. The summed E-state index contributed by atoms with van der Waals surface area (Å²) >= 11 is 5.81. The van der Waals surface area contributed by atoms with Crippen LogP contribution in [0.25, 0.3) is 0 Å². The molecule has 0 saturated carbocycles. The van der Waals surface area contributed by atoms with E-state index in [1.54, 1.807) is 12.1 Å². The molecule has 0 aliphatic rings. The molecule has 138 valence electrons. The van der Waals surface area contributed by atoms with Gasteiger partial charge in [-0.05, 0) is 42.5 Å². The largest absolute Gasteiger partial charge is 0.395 e. The molecule has 1 aromatic carbocycles. The standard InChI is InChI=1S/C18H30ClNO3S/c1-4-5-6-7-8-17(14(2)3)18(13-21)20-24(22,23)16-11-9-15(19)10-12-16/h9-12,14,17-18,20-21H,4-8,13H2,1-3H3/t17-,18?/m0/s1. The fourth-order valence-corrected chi connectivity index (χ4v) is 4.35. The quantitative estimate of drug-likeness (QED) is 0.569. The third kappa shape index (κ3) is 6.71. The van der Waals surface area contributed by atoms with Crippen molar-refractivity contribution in [2.24, 2.45) is 11.8 Å². The summed E-state index contributed by atoms with van der Waals surface area (Å²) in [6, 6.07) is 5.58. The van der Waals surface area contributed by atoms with Crippen molar-refractivity contribution < 1.29 is 13.5 Å². The van der Waals surface area contributed by atoms with Gasteiger partial charge in [-0.1, -0.05) is 58.1 Å². The first-order valence-electron chi connectivity index (χ1n) is 8.70.